The molecule has 14 heavy (non-hydrogen) atoms. The highest BCUT2D eigenvalue weighted by atomic mass is 16.1. The van der Waals surface area contributed by atoms with E-state index in [4.69, 9.17) is 0 Å². The Morgan fingerprint density at radius 3 is 2.43 bits per heavy atom. The van der Waals surface area contributed by atoms with Gasteiger partial charge in [-0.3, -0.25) is 14.6 Å². The largest absolute Gasteiger partial charge is 0.299 e. The minimum Gasteiger partial charge on any atom is -0.299 e. The summed E-state index contributed by atoms with van der Waals surface area (Å²) in [6, 6.07) is 1.95. The summed E-state index contributed by atoms with van der Waals surface area (Å²) < 4.78 is 1.71. The molecule has 1 unspecified atom stereocenters. The maximum Gasteiger partial charge on any atom is 0.266 e. The van der Waals surface area contributed by atoms with Gasteiger partial charge >= 0.3 is 0 Å². The minimum atomic E-state index is 0.0118. The normalized spacial score (nSPS) is 14.4. The highest BCUT2D eigenvalue weighted by Crippen LogP contribution is 2.19. The zero-order valence-electron chi connectivity index (χ0n) is 9.72. The quantitative estimate of drug-likeness (QED) is 0.775. The average molecular weight is 196 g/mol. The molecule has 3 nitrogen and oxygen atoms in total. The molecular formula is C11H20N2O. The van der Waals surface area contributed by atoms with Gasteiger partial charge in [-0.25, -0.2) is 0 Å². The standard InChI is InChI=1S/C11H20N2O/c1-6-8(2)13-10(14)7-9(12-13)11(3,4)5/h7-8,12H,6H2,1-5H3. The molecule has 0 saturated heterocycles. The van der Waals surface area contributed by atoms with E-state index in [9.17, 15) is 4.79 Å². The number of nitrogens with zero attached hydrogens (tertiary/aromatic N) is 1. The fraction of sp³-hybridized carbons (Fsp3) is 0.727. The summed E-state index contributed by atoms with van der Waals surface area (Å²) >= 11 is 0. The fourth-order valence-corrected chi connectivity index (χ4v) is 1.30. The summed E-state index contributed by atoms with van der Waals surface area (Å²) in [5.41, 5.74) is 1.09. The molecular weight excluding hydrogens is 176 g/mol. The van der Waals surface area contributed by atoms with E-state index in [0.717, 1.165) is 12.1 Å². The van der Waals surface area contributed by atoms with E-state index < -0.39 is 0 Å². The van der Waals surface area contributed by atoms with Crippen LogP contribution < -0.4 is 5.56 Å². The number of H-pyrrole nitrogens is 1. The first-order valence-electron chi connectivity index (χ1n) is 5.18. The van der Waals surface area contributed by atoms with Crippen LogP contribution in [0.15, 0.2) is 10.9 Å². The van der Waals surface area contributed by atoms with E-state index in [0.29, 0.717) is 0 Å². The van der Waals surface area contributed by atoms with E-state index in [1.165, 1.54) is 0 Å². The van der Waals surface area contributed by atoms with Crippen LogP contribution in [0.4, 0.5) is 0 Å². The van der Waals surface area contributed by atoms with Crippen LogP contribution in [0, 0.1) is 0 Å². The van der Waals surface area contributed by atoms with Crippen LogP contribution >= 0.6 is 0 Å². The molecule has 0 radical (unpaired) electrons. The van der Waals surface area contributed by atoms with E-state index in [1.54, 1.807) is 10.7 Å². The van der Waals surface area contributed by atoms with Crippen molar-refractivity contribution in [2.24, 2.45) is 0 Å². The molecule has 1 rings (SSSR count). The Labute approximate surface area is 85.1 Å². The minimum absolute atomic E-state index is 0.0118. The maximum atomic E-state index is 11.6. The Hall–Kier alpha value is -0.990. The van der Waals surface area contributed by atoms with Gasteiger partial charge in [-0.05, 0) is 13.3 Å². The second-order valence-corrected chi connectivity index (χ2v) is 4.89. The number of aromatic nitrogens is 2. The van der Waals surface area contributed by atoms with Crippen molar-refractivity contribution < 1.29 is 0 Å². The van der Waals surface area contributed by atoms with Crippen molar-refractivity contribution in [3.05, 3.63) is 22.1 Å². The predicted molar refractivity (Wildman–Crippen MR) is 58.8 cm³/mol. The number of hydrogen-bond acceptors (Lipinski definition) is 1. The second-order valence-electron chi connectivity index (χ2n) is 4.89. The summed E-state index contributed by atoms with van der Waals surface area (Å²) in [5.74, 6) is 0. The third-order valence-electron chi connectivity index (χ3n) is 2.59. The third kappa shape index (κ3) is 2.08. The van der Waals surface area contributed by atoms with Gasteiger partial charge in [0.15, 0.2) is 0 Å². The van der Waals surface area contributed by atoms with Gasteiger partial charge in [0, 0.05) is 17.2 Å². The molecule has 1 aromatic heterocycles. The highest BCUT2D eigenvalue weighted by molar-refractivity contribution is 5.10. The summed E-state index contributed by atoms with van der Waals surface area (Å²) in [4.78, 5) is 11.6. The number of aromatic amines is 1. The predicted octanol–water partition coefficient (Wildman–Crippen LogP) is 2.44. The SMILES string of the molecule is CCC(C)n1[nH]c(C(C)(C)C)cc1=O. The van der Waals surface area contributed by atoms with E-state index in [2.05, 4.69) is 32.8 Å². The van der Waals surface area contributed by atoms with Crippen molar-refractivity contribution in [3.63, 3.8) is 0 Å². The Morgan fingerprint density at radius 2 is 2.07 bits per heavy atom. The highest BCUT2D eigenvalue weighted by Gasteiger charge is 2.18. The second kappa shape index (κ2) is 3.64. The molecule has 0 bridgehead atoms. The summed E-state index contributed by atoms with van der Waals surface area (Å²) in [5, 5.41) is 3.18. The zero-order chi connectivity index (χ0) is 10.9. The Balaban J connectivity index is 3.12. The fourth-order valence-electron chi connectivity index (χ4n) is 1.30. The molecule has 1 N–H and O–H groups in total. The van der Waals surface area contributed by atoms with Gasteiger partial charge in [-0.15, -0.1) is 0 Å². The van der Waals surface area contributed by atoms with Crippen molar-refractivity contribution >= 4 is 0 Å². The molecule has 0 saturated carbocycles. The molecule has 0 aliphatic heterocycles. The van der Waals surface area contributed by atoms with Crippen molar-refractivity contribution in [2.45, 2.75) is 52.5 Å². The average Bonchev–Trinajstić information content (AvgIpc) is 2.45. The van der Waals surface area contributed by atoms with Crippen LogP contribution in [0.5, 0.6) is 0 Å². The summed E-state index contributed by atoms with van der Waals surface area (Å²) in [6.07, 6.45) is 0.962. The van der Waals surface area contributed by atoms with E-state index in [1.807, 2.05) is 6.92 Å². The van der Waals surface area contributed by atoms with Gasteiger partial charge in [0.1, 0.15) is 0 Å². The van der Waals surface area contributed by atoms with Crippen molar-refractivity contribution in [1.82, 2.24) is 9.78 Å². The molecule has 0 fully saturated rings. The van der Waals surface area contributed by atoms with Crippen molar-refractivity contribution in [2.75, 3.05) is 0 Å². The smallest absolute Gasteiger partial charge is 0.266 e. The molecule has 80 valence electrons. The van der Waals surface area contributed by atoms with Gasteiger partial charge in [0.25, 0.3) is 5.56 Å². The molecule has 1 atom stereocenters. The monoisotopic (exact) mass is 196 g/mol. The number of nitrogens with one attached hydrogen (secondary N) is 1. The molecule has 0 aromatic carbocycles. The lowest BCUT2D eigenvalue weighted by atomic mass is 9.93. The molecule has 1 heterocycles. The lowest BCUT2D eigenvalue weighted by molar-refractivity contribution is 0.448. The van der Waals surface area contributed by atoms with Gasteiger partial charge < -0.3 is 0 Å². The van der Waals surface area contributed by atoms with Gasteiger partial charge in [0.05, 0.1) is 6.04 Å². The summed E-state index contributed by atoms with van der Waals surface area (Å²) in [7, 11) is 0. The molecule has 1 aromatic rings. The summed E-state index contributed by atoms with van der Waals surface area (Å²) in [6.45, 7) is 10.4. The number of hydrogen-bond donors (Lipinski definition) is 1. The van der Waals surface area contributed by atoms with Crippen molar-refractivity contribution in [1.29, 1.82) is 0 Å². The van der Waals surface area contributed by atoms with Crippen LogP contribution in [0.2, 0.25) is 0 Å². The van der Waals surface area contributed by atoms with E-state index in [-0.39, 0.29) is 17.0 Å². The Kier molecular flexibility index (Phi) is 2.88. The molecule has 0 aliphatic rings. The first-order chi connectivity index (χ1) is 6.36. The van der Waals surface area contributed by atoms with Crippen LogP contribution in [0.3, 0.4) is 0 Å². The Morgan fingerprint density at radius 1 is 1.50 bits per heavy atom. The maximum absolute atomic E-state index is 11.6. The zero-order valence-corrected chi connectivity index (χ0v) is 9.72. The van der Waals surface area contributed by atoms with Gasteiger partial charge in [0.2, 0.25) is 0 Å². The van der Waals surface area contributed by atoms with E-state index >= 15 is 0 Å². The first-order valence-corrected chi connectivity index (χ1v) is 5.18. The lowest BCUT2D eigenvalue weighted by Gasteiger charge is -2.16. The molecule has 3 heteroatoms. The van der Waals surface area contributed by atoms with Crippen molar-refractivity contribution in [3.8, 4) is 0 Å². The molecule has 0 aliphatic carbocycles. The Bertz CT molecular complexity index is 354. The van der Waals surface area contributed by atoms with Crippen LogP contribution in [-0.2, 0) is 5.41 Å². The van der Waals surface area contributed by atoms with Crippen LogP contribution in [-0.4, -0.2) is 9.78 Å². The molecule has 0 amide bonds. The van der Waals surface area contributed by atoms with Gasteiger partial charge in [-0.1, -0.05) is 27.7 Å². The third-order valence-corrected chi connectivity index (χ3v) is 2.59. The lowest BCUT2D eigenvalue weighted by Crippen LogP contribution is -2.19. The van der Waals surface area contributed by atoms with Crippen LogP contribution in [0.1, 0.15) is 52.8 Å². The van der Waals surface area contributed by atoms with Gasteiger partial charge in [-0.2, -0.15) is 0 Å². The first kappa shape index (κ1) is 11.1. The topological polar surface area (TPSA) is 37.8 Å². The molecule has 0 spiro atoms. The van der Waals surface area contributed by atoms with Crippen LogP contribution in [0.25, 0.3) is 0 Å². The number of rotatable bonds is 2.